The van der Waals surface area contributed by atoms with Crippen LogP contribution in [0.2, 0.25) is 0 Å². The fraction of sp³-hybridized carbons (Fsp3) is 0. The molecule has 3 nitrogen and oxygen atoms in total. The lowest BCUT2D eigenvalue weighted by Gasteiger charge is -2.29. The smallest absolute Gasteiger partial charge is 0.0782 e. The number of rotatable bonds is 6. The molecular weight excluding hydrogens is 691 g/mol. The van der Waals surface area contributed by atoms with Crippen LogP contribution in [0.25, 0.3) is 87.8 Å². The molecule has 0 amide bonds. The number of aromatic nitrogens is 2. The second-order valence-electron chi connectivity index (χ2n) is 14.9. The maximum atomic E-state index is 2.53. The number of nitrogens with zero attached hydrogens (tertiary/aromatic N) is 3. The molecule has 0 bridgehead atoms. The van der Waals surface area contributed by atoms with Gasteiger partial charge in [-0.2, -0.15) is 0 Å². The van der Waals surface area contributed by atoms with Crippen LogP contribution in [0.4, 0.5) is 17.1 Å². The molecule has 0 N–H and O–H groups in total. The minimum atomic E-state index is 1.09. The van der Waals surface area contributed by atoms with Gasteiger partial charge in [0.15, 0.2) is 0 Å². The monoisotopic (exact) mass is 725 g/mol. The standard InChI is InChI=1S/C54H35N3/c1-4-17-36(18-5-1)38-33-39(37-19-6-2-7-20-37)35-41(34-38)55(51-32-15-26-45-43-24-10-12-28-47(43)56(54(45)51)40-21-8-3-9-22-40)49-30-16-31-50-52(49)46-27-14-25-44-42-23-11-13-29-48(42)57(50)53(44)46/h1-35H. The Balaban J connectivity index is 1.26. The molecule has 0 aliphatic rings. The van der Waals surface area contributed by atoms with Crippen molar-refractivity contribution in [2.75, 3.05) is 4.90 Å². The van der Waals surface area contributed by atoms with Gasteiger partial charge in [0, 0.05) is 43.7 Å². The summed E-state index contributed by atoms with van der Waals surface area (Å²) in [7, 11) is 0. The molecule has 0 atom stereocenters. The van der Waals surface area contributed by atoms with Crippen molar-refractivity contribution in [1.82, 2.24) is 8.97 Å². The number of anilines is 3. The second kappa shape index (κ2) is 12.5. The minimum Gasteiger partial charge on any atom is -0.308 e. The van der Waals surface area contributed by atoms with E-state index in [1.54, 1.807) is 0 Å². The summed E-state index contributed by atoms with van der Waals surface area (Å²) >= 11 is 0. The zero-order valence-corrected chi connectivity index (χ0v) is 31.0. The topological polar surface area (TPSA) is 12.6 Å². The van der Waals surface area contributed by atoms with Crippen molar-refractivity contribution in [3.63, 3.8) is 0 Å². The van der Waals surface area contributed by atoms with Crippen LogP contribution < -0.4 is 4.90 Å². The van der Waals surface area contributed by atoms with E-state index in [2.05, 4.69) is 226 Å². The molecule has 57 heavy (non-hydrogen) atoms. The summed E-state index contributed by atoms with van der Waals surface area (Å²) in [5, 5.41) is 7.48. The lowest BCUT2D eigenvalue weighted by molar-refractivity contribution is 1.17. The third-order valence-electron chi connectivity index (χ3n) is 11.8. The van der Waals surface area contributed by atoms with E-state index in [4.69, 9.17) is 0 Å². The predicted molar refractivity (Wildman–Crippen MR) is 241 cm³/mol. The SMILES string of the molecule is c1ccc(-c2cc(-c3ccccc3)cc(N(c3cccc4c3c3cccc5c6ccccc6n4c53)c3cccc4c5ccccc5n(-c5ccccc5)c34)c2)cc1. The van der Waals surface area contributed by atoms with Crippen molar-refractivity contribution in [1.29, 1.82) is 0 Å². The van der Waals surface area contributed by atoms with Crippen LogP contribution in [0.15, 0.2) is 212 Å². The van der Waals surface area contributed by atoms with E-state index in [-0.39, 0.29) is 0 Å². The molecule has 0 saturated heterocycles. The number of hydrogen-bond donors (Lipinski definition) is 0. The van der Waals surface area contributed by atoms with Gasteiger partial charge in [-0.15, -0.1) is 0 Å². The van der Waals surface area contributed by atoms with Gasteiger partial charge in [0.05, 0.1) is 39.0 Å². The van der Waals surface area contributed by atoms with Crippen LogP contribution in [-0.2, 0) is 0 Å². The molecule has 0 fully saturated rings. The third kappa shape index (κ3) is 4.73. The van der Waals surface area contributed by atoms with Crippen molar-refractivity contribution < 1.29 is 0 Å². The van der Waals surface area contributed by atoms with E-state index < -0.39 is 0 Å². The van der Waals surface area contributed by atoms with Crippen LogP contribution in [-0.4, -0.2) is 8.97 Å². The predicted octanol–water partition coefficient (Wildman–Crippen LogP) is 14.7. The number of para-hydroxylation sites is 5. The first-order chi connectivity index (χ1) is 28.3. The van der Waals surface area contributed by atoms with Gasteiger partial charge in [-0.05, 0) is 82.9 Å². The third-order valence-corrected chi connectivity index (χ3v) is 11.8. The number of fused-ring (bicyclic) bond motifs is 9. The molecule has 0 aliphatic carbocycles. The molecule has 3 heterocycles. The molecule has 9 aromatic carbocycles. The molecular formula is C54H35N3. The first kappa shape index (κ1) is 31.7. The van der Waals surface area contributed by atoms with E-state index in [1.807, 2.05) is 0 Å². The molecule has 0 saturated carbocycles. The molecule has 0 unspecified atom stereocenters. The lowest BCUT2D eigenvalue weighted by Crippen LogP contribution is -2.12. The maximum absolute atomic E-state index is 2.53. The zero-order valence-electron chi connectivity index (χ0n) is 31.0. The highest BCUT2D eigenvalue weighted by atomic mass is 15.2. The highest BCUT2D eigenvalue weighted by Gasteiger charge is 2.26. The first-order valence-electron chi connectivity index (χ1n) is 19.6. The van der Waals surface area contributed by atoms with E-state index >= 15 is 0 Å². The normalized spacial score (nSPS) is 11.9. The molecule has 12 aromatic rings. The van der Waals surface area contributed by atoms with Gasteiger partial charge in [-0.25, -0.2) is 0 Å². The number of benzene rings is 9. The van der Waals surface area contributed by atoms with Crippen molar-refractivity contribution in [2.45, 2.75) is 0 Å². The molecule has 0 aliphatic heterocycles. The Morgan fingerprint density at radius 1 is 0.316 bits per heavy atom. The second-order valence-corrected chi connectivity index (χ2v) is 14.9. The van der Waals surface area contributed by atoms with Crippen molar-refractivity contribution in [3.05, 3.63) is 212 Å². The van der Waals surface area contributed by atoms with Gasteiger partial charge >= 0.3 is 0 Å². The Labute approximate surface area is 329 Å². The highest BCUT2D eigenvalue weighted by molar-refractivity contribution is 6.27. The Morgan fingerprint density at radius 3 is 1.51 bits per heavy atom. The van der Waals surface area contributed by atoms with E-state index in [1.165, 1.54) is 76.6 Å². The van der Waals surface area contributed by atoms with E-state index in [9.17, 15) is 0 Å². The summed E-state index contributed by atoms with van der Waals surface area (Å²) in [4.78, 5) is 2.53. The van der Waals surface area contributed by atoms with Crippen molar-refractivity contribution >= 4 is 77.0 Å². The van der Waals surface area contributed by atoms with Gasteiger partial charge in [0.1, 0.15) is 0 Å². The summed E-state index contributed by atoms with van der Waals surface area (Å²) in [5.74, 6) is 0. The van der Waals surface area contributed by atoms with Crippen LogP contribution in [0.3, 0.4) is 0 Å². The van der Waals surface area contributed by atoms with Gasteiger partial charge in [-0.1, -0.05) is 152 Å². The number of hydrogen-bond acceptors (Lipinski definition) is 1. The average molecular weight is 726 g/mol. The largest absolute Gasteiger partial charge is 0.308 e. The first-order valence-corrected chi connectivity index (χ1v) is 19.6. The minimum absolute atomic E-state index is 1.09. The van der Waals surface area contributed by atoms with E-state index in [0.29, 0.717) is 0 Å². The molecule has 266 valence electrons. The van der Waals surface area contributed by atoms with Crippen molar-refractivity contribution in [2.24, 2.45) is 0 Å². The Morgan fingerprint density at radius 2 is 0.807 bits per heavy atom. The van der Waals surface area contributed by atoms with Crippen LogP contribution in [0, 0.1) is 0 Å². The Hall–Kier alpha value is -7.62. The Bertz CT molecular complexity index is 3390. The Kier molecular flexibility index (Phi) is 6.93. The molecule has 3 heteroatoms. The quantitative estimate of drug-likeness (QED) is 0.166. The summed E-state index contributed by atoms with van der Waals surface area (Å²) in [6.45, 7) is 0. The van der Waals surface area contributed by atoms with Gasteiger partial charge < -0.3 is 13.9 Å². The summed E-state index contributed by atoms with van der Waals surface area (Å²) in [6.07, 6.45) is 0. The molecule has 0 spiro atoms. The van der Waals surface area contributed by atoms with Gasteiger partial charge in [-0.3, -0.25) is 0 Å². The lowest BCUT2D eigenvalue weighted by atomic mass is 9.97. The molecule has 3 aromatic heterocycles. The zero-order chi connectivity index (χ0) is 37.5. The van der Waals surface area contributed by atoms with Gasteiger partial charge in [0.2, 0.25) is 0 Å². The van der Waals surface area contributed by atoms with Crippen molar-refractivity contribution in [3.8, 4) is 27.9 Å². The summed E-state index contributed by atoms with van der Waals surface area (Å²) in [5.41, 5.74) is 15.2. The average Bonchev–Trinajstić information content (AvgIpc) is 3.94. The fourth-order valence-electron chi connectivity index (χ4n) is 9.42. The summed E-state index contributed by atoms with van der Waals surface area (Å²) < 4.78 is 4.93. The fourth-order valence-corrected chi connectivity index (χ4v) is 9.42. The van der Waals surface area contributed by atoms with E-state index in [0.717, 1.165) is 28.3 Å². The molecule has 0 radical (unpaired) electrons. The molecule has 12 rings (SSSR count). The van der Waals surface area contributed by atoms with Crippen LogP contribution in [0.5, 0.6) is 0 Å². The van der Waals surface area contributed by atoms with Crippen LogP contribution >= 0.6 is 0 Å². The van der Waals surface area contributed by atoms with Crippen LogP contribution in [0.1, 0.15) is 0 Å². The maximum Gasteiger partial charge on any atom is 0.0782 e. The highest BCUT2D eigenvalue weighted by Crippen LogP contribution is 2.49. The summed E-state index contributed by atoms with van der Waals surface area (Å²) in [6, 6.07) is 77.5. The van der Waals surface area contributed by atoms with Gasteiger partial charge in [0.25, 0.3) is 0 Å².